The minimum atomic E-state index is -3.65. The monoisotopic (exact) mass is 372 g/mol. The van der Waals surface area contributed by atoms with Crippen LogP contribution in [0.3, 0.4) is 0 Å². The zero-order chi connectivity index (χ0) is 17.3. The predicted octanol–water partition coefficient (Wildman–Crippen LogP) is 1.71. The van der Waals surface area contributed by atoms with Crippen LogP contribution in [0.15, 0.2) is 35.1 Å². The molecular formula is C15H21FN4O2S2. The van der Waals surface area contributed by atoms with Gasteiger partial charge >= 0.3 is 0 Å². The number of sulfonamides is 1. The lowest BCUT2D eigenvalue weighted by Gasteiger charge is -2.27. The molecule has 6 nitrogen and oxygen atoms in total. The molecule has 0 spiro atoms. The number of rotatable bonds is 6. The van der Waals surface area contributed by atoms with Crippen LogP contribution in [0.25, 0.3) is 0 Å². The van der Waals surface area contributed by atoms with E-state index in [1.54, 1.807) is 23.0 Å². The van der Waals surface area contributed by atoms with Crippen molar-refractivity contribution in [2.45, 2.75) is 30.2 Å². The normalized spacial score (nSPS) is 22.5. The third-order valence-electron chi connectivity index (χ3n) is 4.24. The van der Waals surface area contributed by atoms with Gasteiger partial charge < -0.3 is 4.57 Å². The number of thiophene rings is 1. The highest BCUT2D eigenvalue weighted by Gasteiger charge is 2.35. The molecule has 3 rings (SSSR count). The van der Waals surface area contributed by atoms with Gasteiger partial charge in [0.15, 0.2) is 5.03 Å². The zero-order valence-electron chi connectivity index (χ0n) is 13.7. The molecule has 0 amide bonds. The summed E-state index contributed by atoms with van der Waals surface area (Å²) in [6, 6.07) is 3.85. The van der Waals surface area contributed by atoms with Crippen molar-refractivity contribution in [3.63, 3.8) is 0 Å². The quantitative estimate of drug-likeness (QED) is 0.775. The van der Waals surface area contributed by atoms with Gasteiger partial charge in [-0.05, 0) is 17.9 Å². The second-order valence-electron chi connectivity index (χ2n) is 6.16. The van der Waals surface area contributed by atoms with Gasteiger partial charge in [0, 0.05) is 50.8 Å². The van der Waals surface area contributed by atoms with Gasteiger partial charge in [0.25, 0.3) is 10.0 Å². The summed E-state index contributed by atoms with van der Waals surface area (Å²) in [7, 11) is -0.405. The molecule has 3 heterocycles. The molecule has 9 heteroatoms. The minimum Gasteiger partial charge on any atom is -0.339 e. The highest BCUT2D eigenvalue weighted by atomic mass is 32.2. The van der Waals surface area contributed by atoms with E-state index < -0.39 is 16.2 Å². The van der Waals surface area contributed by atoms with Crippen LogP contribution >= 0.6 is 11.3 Å². The fourth-order valence-corrected chi connectivity index (χ4v) is 4.88. The van der Waals surface area contributed by atoms with Gasteiger partial charge in [-0.2, -0.15) is 4.31 Å². The molecule has 2 aromatic rings. The first-order valence-corrected chi connectivity index (χ1v) is 10.0. The second kappa shape index (κ2) is 6.91. The first kappa shape index (κ1) is 17.5. The summed E-state index contributed by atoms with van der Waals surface area (Å²) in [5.74, 6) is 0. The molecule has 24 heavy (non-hydrogen) atoms. The van der Waals surface area contributed by atoms with Crippen LogP contribution in [0.1, 0.15) is 11.3 Å². The van der Waals surface area contributed by atoms with Crippen LogP contribution in [-0.2, 0) is 23.6 Å². The standard InChI is InChI=1S/C15H21FN4O2S2/c1-18-10-15(17-11-18)24(21,22)19(2)8-13-6-12(16)7-20(13)9-14-4-3-5-23-14/h3-5,10-13H,6-9H2,1-2H3/t12-,13-/m0/s1. The molecule has 0 aromatic carbocycles. The number of likely N-dealkylation sites (tertiary alicyclic amines) is 1. The van der Waals surface area contributed by atoms with Gasteiger partial charge in [0.05, 0.1) is 6.33 Å². The third-order valence-corrected chi connectivity index (χ3v) is 6.81. The Morgan fingerprint density at radius 1 is 1.50 bits per heavy atom. The average molecular weight is 372 g/mol. The molecule has 2 aromatic heterocycles. The summed E-state index contributed by atoms with van der Waals surface area (Å²) < 4.78 is 41.9. The molecule has 132 valence electrons. The lowest BCUT2D eigenvalue weighted by molar-refractivity contribution is 0.216. The Bertz CT molecular complexity index is 775. The summed E-state index contributed by atoms with van der Waals surface area (Å²) in [5, 5.41) is 2.01. The molecule has 2 atom stereocenters. The van der Waals surface area contributed by atoms with Crippen LogP contribution in [0.4, 0.5) is 4.39 Å². The maximum absolute atomic E-state index is 13.9. The number of halogens is 1. The maximum atomic E-state index is 13.9. The molecule has 0 aliphatic carbocycles. The van der Waals surface area contributed by atoms with Gasteiger partial charge in [0.1, 0.15) is 6.17 Å². The van der Waals surface area contributed by atoms with E-state index in [2.05, 4.69) is 4.98 Å². The molecule has 0 bridgehead atoms. The number of imidazole rings is 1. The van der Waals surface area contributed by atoms with Crippen molar-refractivity contribution >= 4 is 21.4 Å². The minimum absolute atomic E-state index is 0.0205. The topological polar surface area (TPSA) is 58.4 Å². The number of nitrogens with zero attached hydrogens (tertiary/aromatic N) is 4. The molecule has 1 saturated heterocycles. The lowest BCUT2D eigenvalue weighted by atomic mass is 10.2. The van der Waals surface area contributed by atoms with E-state index in [-0.39, 0.29) is 17.6 Å². The SMILES string of the molecule is CN(C[C@@H]1C[C@H](F)CN1Cc1cccs1)S(=O)(=O)c1cn(C)cn1. The van der Waals surface area contributed by atoms with Crippen LogP contribution in [-0.4, -0.2) is 59.5 Å². The first-order chi connectivity index (χ1) is 11.4. The van der Waals surface area contributed by atoms with Crippen molar-refractivity contribution < 1.29 is 12.8 Å². The summed E-state index contributed by atoms with van der Waals surface area (Å²) in [6.45, 7) is 1.25. The Morgan fingerprint density at radius 2 is 2.29 bits per heavy atom. The summed E-state index contributed by atoms with van der Waals surface area (Å²) in [6.07, 6.45) is 2.37. The van der Waals surface area contributed by atoms with E-state index in [1.165, 1.54) is 23.9 Å². The summed E-state index contributed by atoms with van der Waals surface area (Å²) in [4.78, 5) is 7.11. The molecular weight excluding hydrogens is 351 g/mol. The van der Waals surface area contributed by atoms with Crippen molar-refractivity contribution in [2.75, 3.05) is 20.1 Å². The molecule has 1 fully saturated rings. The Labute approximate surface area is 145 Å². The van der Waals surface area contributed by atoms with Crippen molar-refractivity contribution in [3.05, 3.63) is 34.9 Å². The van der Waals surface area contributed by atoms with Crippen LogP contribution in [0.5, 0.6) is 0 Å². The summed E-state index contributed by atoms with van der Waals surface area (Å²) in [5.41, 5.74) is 0. The van der Waals surface area contributed by atoms with E-state index in [1.807, 2.05) is 22.4 Å². The smallest absolute Gasteiger partial charge is 0.261 e. The van der Waals surface area contributed by atoms with E-state index >= 15 is 0 Å². The predicted molar refractivity (Wildman–Crippen MR) is 91.1 cm³/mol. The Morgan fingerprint density at radius 3 is 2.92 bits per heavy atom. The van der Waals surface area contributed by atoms with Crippen molar-refractivity contribution in [2.24, 2.45) is 7.05 Å². The number of hydrogen-bond acceptors (Lipinski definition) is 5. The molecule has 0 radical (unpaired) electrons. The molecule has 1 aliphatic rings. The molecule has 0 saturated carbocycles. The average Bonchev–Trinajstić information content (AvgIpc) is 3.23. The van der Waals surface area contributed by atoms with E-state index in [4.69, 9.17) is 0 Å². The molecule has 1 aliphatic heterocycles. The third kappa shape index (κ3) is 3.69. The summed E-state index contributed by atoms with van der Waals surface area (Å²) >= 11 is 1.63. The Hall–Kier alpha value is -1.29. The number of aromatic nitrogens is 2. The number of aryl methyl sites for hydroxylation is 1. The van der Waals surface area contributed by atoms with Gasteiger partial charge in [-0.1, -0.05) is 6.07 Å². The zero-order valence-corrected chi connectivity index (χ0v) is 15.3. The highest BCUT2D eigenvalue weighted by molar-refractivity contribution is 7.89. The largest absolute Gasteiger partial charge is 0.339 e. The second-order valence-corrected chi connectivity index (χ2v) is 9.18. The first-order valence-electron chi connectivity index (χ1n) is 7.71. The fourth-order valence-electron chi connectivity index (χ4n) is 2.99. The van der Waals surface area contributed by atoms with E-state index in [0.29, 0.717) is 19.5 Å². The number of alkyl halides is 1. The Balaban J connectivity index is 1.71. The van der Waals surface area contributed by atoms with Crippen molar-refractivity contribution in [3.8, 4) is 0 Å². The number of likely N-dealkylation sites (N-methyl/N-ethyl adjacent to an activating group) is 1. The van der Waals surface area contributed by atoms with E-state index in [0.717, 1.165) is 4.88 Å². The van der Waals surface area contributed by atoms with E-state index in [9.17, 15) is 12.8 Å². The maximum Gasteiger partial charge on any atom is 0.261 e. The van der Waals surface area contributed by atoms with Gasteiger partial charge in [-0.25, -0.2) is 17.8 Å². The van der Waals surface area contributed by atoms with Gasteiger partial charge in [0.2, 0.25) is 0 Å². The lowest BCUT2D eigenvalue weighted by Crippen LogP contribution is -2.40. The Kier molecular flexibility index (Phi) is 5.05. The van der Waals surface area contributed by atoms with Gasteiger partial charge in [-0.3, -0.25) is 4.90 Å². The number of hydrogen-bond donors (Lipinski definition) is 0. The van der Waals surface area contributed by atoms with Crippen molar-refractivity contribution in [1.29, 1.82) is 0 Å². The van der Waals surface area contributed by atoms with Crippen LogP contribution in [0.2, 0.25) is 0 Å². The van der Waals surface area contributed by atoms with Gasteiger partial charge in [-0.15, -0.1) is 11.3 Å². The highest BCUT2D eigenvalue weighted by Crippen LogP contribution is 2.26. The van der Waals surface area contributed by atoms with Crippen LogP contribution in [0, 0.1) is 0 Å². The van der Waals surface area contributed by atoms with Crippen LogP contribution < -0.4 is 0 Å². The fraction of sp³-hybridized carbons (Fsp3) is 0.533. The van der Waals surface area contributed by atoms with Crippen molar-refractivity contribution in [1.82, 2.24) is 18.8 Å². The molecule has 0 N–H and O–H groups in total. The molecule has 0 unspecified atom stereocenters.